The van der Waals surface area contributed by atoms with Gasteiger partial charge < -0.3 is 9.88 Å². The zero-order chi connectivity index (χ0) is 19.4. The summed E-state index contributed by atoms with van der Waals surface area (Å²) in [4.78, 5) is 32.8. The normalized spacial score (nSPS) is 20.5. The van der Waals surface area contributed by atoms with Gasteiger partial charge in [0.25, 0.3) is 5.56 Å². The maximum absolute atomic E-state index is 14.3. The monoisotopic (exact) mass is 384 g/mol. The van der Waals surface area contributed by atoms with E-state index in [1.807, 2.05) is 4.98 Å². The third kappa shape index (κ3) is 2.76. The van der Waals surface area contributed by atoms with Gasteiger partial charge in [-0.3, -0.25) is 9.78 Å². The average Bonchev–Trinajstić information content (AvgIpc) is 3.20. The summed E-state index contributed by atoms with van der Waals surface area (Å²) in [5.74, 6) is 0. The second kappa shape index (κ2) is 5.66. The van der Waals surface area contributed by atoms with Gasteiger partial charge in [-0.15, -0.1) is 0 Å². The van der Waals surface area contributed by atoms with Crippen molar-refractivity contribution in [2.24, 2.45) is 0 Å². The molecule has 2 N–H and O–H groups in total. The first-order chi connectivity index (χ1) is 12.7. The fourth-order valence-electron chi connectivity index (χ4n) is 3.07. The maximum Gasteiger partial charge on any atom is 0.424 e. The van der Waals surface area contributed by atoms with Gasteiger partial charge in [-0.25, -0.2) is 18.7 Å². The fourth-order valence-corrected chi connectivity index (χ4v) is 3.07. The second-order valence-electron chi connectivity index (χ2n) is 6.23. The van der Waals surface area contributed by atoms with E-state index in [-0.39, 0.29) is 29.1 Å². The van der Waals surface area contributed by atoms with E-state index in [9.17, 15) is 27.2 Å². The van der Waals surface area contributed by atoms with Gasteiger partial charge in [0.15, 0.2) is 5.65 Å². The van der Waals surface area contributed by atoms with Crippen molar-refractivity contribution in [3.8, 4) is 11.3 Å². The van der Waals surface area contributed by atoms with Crippen molar-refractivity contribution in [3.05, 3.63) is 45.5 Å². The van der Waals surface area contributed by atoms with Gasteiger partial charge in [0.2, 0.25) is 5.67 Å². The second-order valence-corrected chi connectivity index (χ2v) is 6.23. The standard InChI is InChI=1S/C15H12F4N6O2/c16-14(15(17,18)19)1-3-24(7-14)10-5-9(23-25-4-2-20-11(10)25)8-6-21-13(27)22-12(8)26/h2,4-6H,1,3,7H2,(H2,21,22,26,27). The lowest BCUT2D eigenvalue weighted by Crippen LogP contribution is -2.43. The minimum atomic E-state index is -4.99. The van der Waals surface area contributed by atoms with E-state index in [1.165, 1.54) is 27.9 Å². The molecule has 0 amide bonds. The molecule has 3 aromatic heterocycles. The largest absolute Gasteiger partial charge is 0.424 e. The third-order valence-corrected chi connectivity index (χ3v) is 4.50. The Kier molecular flexibility index (Phi) is 3.61. The molecule has 0 saturated carbocycles. The van der Waals surface area contributed by atoms with E-state index in [2.05, 4.69) is 15.1 Å². The van der Waals surface area contributed by atoms with Gasteiger partial charge in [-0.2, -0.15) is 18.3 Å². The molecule has 1 atom stereocenters. The zero-order valence-corrected chi connectivity index (χ0v) is 13.5. The zero-order valence-electron chi connectivity index (χ0n) is 13.5. The van der Waals surface area contributed by atoms with Crippen molar-refractivity contribution in [2.45, 2.75) is 18.3 Å². The lowest BCUT2D eigenvalue weighted by atomic mass is 10.1. The lowest BCUT2D eigenvalue weighted by Gasteiger charge is -2.24. The highest BCUT2D eigenvalue weighted by molar-refractivity contribution is 5.74. The van der Waals surface area contributed by atoms with Gasteiger partial charge in [-0.05, 0) is 6.07 Å². The van der Waals surface area contributed by atoms with Crippen LogP contribution in [-0.2, 0) is 0 Å². The van der Waals surface area contributed by atoms with Crippen molar-refractivity contribution in [3.63, 3.8) is 0 Å². The Hall–Kier alpha value is -3.18. The summed E-state index contributed by atoms with van der Waals surface area (Å²) in [5, 5.41) is 4.18. The molecule has 0 radical (unpaired) electrons. The van der Waals surface area contributed by atoms with Crippen LogP contribution in [0.3, 0.4) is 0 Å². The Morgan fingerprint density at radius 2 is 2.04 bits per heavy atom. The molecule has 1 aliphatic heterocycles. The molecule has 1 saturated heterocycles. The fraction of sp³-hybridized carbons (Fsp3) is 0.333. The lowest BCUT2D eigenvalue weighted by molar-refractivity contribution is -0.221. The van der Waals surface area contributed by atoms with Gasteiger partial charge >= 0.3 is 11.9 Å². The Balaban J connectivity index is 1.83. The number of alkyl halides is 4. The van der Waals surface area contributed by atoms with Gasteiger partial charge in [0.1, 0.15) is 5.69 Å². The average molecular weight is 384 g/mol. The van der Waals surface area contributed by atoms with E-state index in [4.69, 9.17) is 0 Å². The number of fused-ring (bicyclic) bond motifs is 1. The number of anilines is 1. The van der Waals surface area contributed by atoms with E-state index in [0.717, 1.165) is 6.20 Å². The van der Waals surface area contributed by atoms with Crippen molar-refractivity contribution >= 4 is 11.3 Å². The number of halogens is 4. The quantitative estimate of drug-likeness (QED) is 0.648. The Morgan fingerprint density at radius 3 is 2.70 bits per heavy atom. The first-order valence-corrected chi connectivity index (χ1v) is 7.85. The number of nitrogens with zero attached hydrogens (tertiary/aromatic N) is 4. The molecule has 4 rings (SSSR count). The van der Waals surface area contributed by atoms with Crippen LogP contribution in [-0.4, -0.2) is 49.5 Å². The van der Waals surface area contributed by atoms with Crippen LogP contribution in [0.4, 0.5) is 23.2 Å². The van der Waals surface area contributed by atoms with E-state index in [0.29, 0.717) is 0 Å². The molecule has 8 nitrogen and oxygen atoms in total. The van der Waals surface area contributed by atoms with Crippen LogP contribution in [0.25, 0.3) is 16.9 Å². The predicted octanol–water partition coefficient (Wildman–Crippen LogP) is 1.25. The van der Waals surface area contributed by atoms with E-state index in [1.54, 1.807) is 0 Å². The summed E-state index contributed by atoms with van der Waals surface area (Å²) in [6, 6.07) is 1.35. The van der Waals surface area contributed by atoms with Gasteiger partial charge in [-0.1, -0.05) is 0 Å². The topological polar surface area (TPSA) is 99.2 Å². The summed E-state index contributed by atoms with van der Waals surface area (Å²) in [5.41, 5.74) is -4.21. The number of rotatable bonds is 2. The van der Waals surface area contributed by atoms with Gasteiger partial charge in [0.05, 0.1) is 17.8 Å². The molecule has 1 fully saturated rings. The van der Waals surface area contributed by atoms with E-state index < -0.39 is 36.1 Å². The number of aromatic amines is 2. The van der Waals surface area contributed by atoms with Crippen molar-refractivity contribution in [2.75, 3.05) is 18.0 Å². The molecule has 0 bridgehead atoms. The van der Waals surface area contributed by atoms with Crippen LogP contribution < -0.4 is 16.1 Å². The Labute approximate surface area is 147 Å². The predicted molar refractivity (Wildman–Crippen MR) is 86.4 cm³/mol. The van der Waals surface area contributed by atoms with Crippen molar-refractivity contribution < 1.29 is 17.6 Å². The molecular weight excluding hydrogens is 372 g/mol. The molecule has 12 heteroatoms. The SMILES string of the molecule is O=c1[nH]cc(-c2cc(N3CCC(F)(C(F)(F)F)C3)c3nccn3n2)c(=O)[nH]1. The van der Waals surface area contributed by atoms with Crippen LogP contribution in [0.1, 0.15) is 6.42 Å². The van der Waals surface area contributed by atoms with Crippen LogP contribution in [0, 0.1) is 0 Å². The van der Waals surface area contributed by atoms with Crippen LogP contribution in [0.5, 0.6) is 0 Å². The van der Waals surface area contributed by atoms with Crippen LogP contribution in [0.2, 0.25) is 0 Å². The number of H-pyrrole nitrogens is 2. The van der Waals surface area contributed by atoms with Crippen LogP contribution >= 0.6 is 0 Å². The first kappa shape index (κ1) is 17.2. The third-order valence-electron chi connectivity index (χ3n) is 4.50. The number of hydrogen-bond acceptors (Lipinski definition) is 5. The number of imidazole rings is 1. The number of aromatic nitrogens is 5. The molecule has 142 valence electrons. The number of hydrogen-bond donors (Lipinski definition) is 2. The summed E-state index contributed by atoms with van der Waals surface area (Å²) < 4.78 is 54.6. The molecule has 1 aliphatic rings. The molecular formula is C15H12F4N6O2. The highest BCUT2D eigenvalue weighted by atomic mass is 19.4. The van der Waals surface area contributed by atoms with Crippen molar-refractivity contribution in [1.82, 2.24) is 24.6 Å². The molecule has 27 heavy (non-hydrogen) atoms. The summed E-state index contributed by atoms with van der Waals surface area (Å²) in [6.07, 6.45) is -1.71. The summed E-state index contributed by atoms with van der Waals surface area (Å²) >= 11 is 0. The molecule has 1 unspecified atom stereocenters. The summed E-state index contributed by atoms with van der Waals surface area (Å²) in [6.45, 7) is -1.06. The molecule has 4 heterocycles. The van der Waals surface area contributed by atoms with E-state index >= 15 is 0 Å². The van der Waals surface area contributed by atoms with Crippen molar-refractivity contribution in [1.29, 1.82) is 0 Å². The molecule has 0 aromatic carbocycles. The Bertz CT molecular complexity index is 1130. The maximum atomic E-state index is 14.3. The number of nitrogens with one attached hydrogen (secondary N) is 2. The minimum absolute atomic E-state index is 0.00739. The summed E-state index contributed by atoms with van der Waals surface area (Å²) in [7, 11) is 0. The highest BCUT2D eigenvalue weighted by Gasteiger charge is 2.59. The smallest absolute Gasteiger partial charge is 0.365 e. The molecule has 0 aliphatic carbocycles. The van der Waals surface area contributed by atoms with Crippen LogP contribution in [0.15, 0.2) is 34.2 Å². The minimum Gasteiger partial charge on any atom is -0.365 e. The van der Waals surface area contributed by atoms with Gasteiger partial charge in [0, 0.05) is 31.6 Å². The highest BCUT2D eigenvalue weighted by Crippen LogP contribution is 2.43. The first-order valence-electron chi connectivity index (χ1n) is 7.85. The molecule has 3 aromatic rings. The Morgan fingerprint density at radius 1 is 1.26 bits per heavy atom. The molecule has 0 spiro atoms.